The molecule has 0 spiro atoms. The summed E-state index contributed by atoms with van der Waals surface area (Å²) in [5.41, 5.74) is 0.932. The molecule has 0 aliphatic heterocycles. The molecule has 0 unspecified atom stereocenters. The Bertz CT molecular complexity index is 803. The normalized spacial score (nSPS) is 11.6. The summed E-state index contributed by atoms with van der Waals surface area (Å²) >= 11 is 5.90. The third-order valence-electron chi connectivity index (χ3n) is 2.55. The largest absolute Gasteiger partial charge is 0.573 e. The summed E-state index contributed by atoms with van der Waals surface area (Å²) in [6.07, 6.45) is -1.83. The maximum absolute atomic E-state index is 12.1. The third kappa shape index (κ3) is 3.19. The Balaban J connectivity index is 1.78. The highest BCUT2D eigenvalue weighted by molar-refractivity contribution is 6.29. The second-order valence-electron chi connectivity index (χ2n) is 4.13. The standard InChI is InChI=1S/C12H7ClF3N5O/c13-9-5-17-6-10-19-11(20-21(9)10)18-7-1-3-8(4-2-7)22-12(14,15)16/h1-6H,(H,18,20). The van der Waals surface area contributed by atoms with Gasteiger partial charge in [0.15, 0.2) is 10.8 Å². The molecular formula is C12H7ClF3N5O. The molecule has 1 aromatic carbocycles. The lowest BCUT2D eigenvalue weighted by molar-refractivity contribution is -0.274. The lowest BCUT2D eigenvalue weighted by atomic mass is 10.3. The van der Waals surface area contributed by atoms with Crippen LogP contribution in [0.1, 0.15) is 0 Å². The number of alkyl halides is 3. The van der Waals surface area contributed by atoms with Gasteiger partial charge in [0.05, 0.1) is 12.4 Å². The number of nitrogens with one attached hydrogen (secondary N) is 1. The molecule has 3 rings (SSSR count). The van der Waals surface area contributed by atoms with Gasteiger partial charge in [-0.1, -0.05) is 11.6 Å². The second kappa shape index (κ2) is 5.34. The molecule has 0 amide bonds. The maximum Gasteiger partial charge on any atom is 0.573 e. The summed E-state index contributed by atoms with van der Waals surface area (Å²) in [7, 11) is 0. The Morgan fingerprint density at radius 2 is 1.86 bits per heavy atom. The number of ether oxygens (including phenoxy) is 1. The minimum Gasteiger partial charge on any atom is -0.406 e. The number of fused-ring (bicyclic) bond motifs is 1. The molecule has 0 radical (unpaired) electrons. The number of halogens is 4. The van der Waals surface area contributed by atoms with Crippen molar-refractivity contribution in [2.75, 3.05) is 5.32 Å². The molecule has 0 fully saturated rings. The number of hydrogen-bond donors (Lipinski definition) is 1. The van der Waals surface area contributed by atoms with Crippen LogP contribution in [0.15, 0.2) is 36.7 Å². The van der Waals surface area contributed by atoms with Crippen LogP contribution in [0.25, 0.3) is 5.65 Å². The zero-order valence-corrected chi connectivity index (χ0v) is 11.4. The smallest absolute Gasteiger partial charge is 0.406 e. The van der Waals surface area contributed by atoms with Gasteiger partial charge in [-0.25, -0.2) is 0 Å². The molecular weight excluding hydrogens is 323 g/mol. The van der Waals surface area contributed by atoms with Gasteiger partial charge in [0.1, 0.15) is 5.75 Å². The number of nitrogens with zero attached hydrogens (tertiary/aromatic N) is 4. The van der Waals surface area contributed by atoms with Gasteiger partial charge < -0.3 is 10.1 Å². The van der Waals surface area contributed by atoms with E-state index in [-0.39, 0.29) is 16.9 Å². The molecule has 22 heavy (non-hydrogen) atoms. The van der Waals surface area contributed by atoms with E-state index in [0.29, 0.717) is 11.3 Å². The molecule has 0 atom stereocenters. The van der Waals surface area contributed by atoms with Crippen molar-refractivity contribution in [1.29, 1.82) is 0 Å². The second-order valence-corrected chi connectivity index (χ2v) is 4.52. The minimum absolute atomic E-state index is 0.236. The lowest BCUT2D eigenvalue weighted by Gasteiger charge is -2.09. The van der Waals surface area contributed by atoms with E-state index in [1.807, 2.05) is 0 Å². The van der Waals surface area contributed by atoms with Crippen LogP contribution in [0, 0.1) is 0 Å². The van der Waals surface area contributed by atoms with E-state index in [9.17, 15) is 13.2 Å². The van der Waals surface area contributed by atoms with Crippen LogP contribution in [0.3, 0.4) is 0 Å². The van der Waals surface area contributed by atoms with E-state index in [1.165, 1.54) is 41.2 Å². The molecule has 6 nitrogen and oxygen atoms in total. The molecule has 0 saturated heterocycles. The third-order valence-corrected chi connectivity index (χ3v) is 2.81. The fraction of sp³-hybridized carbons (Fsp3) is 0.0833. The van der Waals surface area contributed by atoms with E-state index in [0.717, 1.165) is 0 Å². The average molecular weight is 330 g/mol. The Hall–Kier alpha value is -2.55. The first kappa shape index (κ1) is 14.4. The molecule has 0 aliphatic carbocycles. The fourth-order valence-corrected chi connectivity index (χ4v) is 1.89. The highest BCUT2D eigenvalue weighted by Crippen LogP contribution is 2.25. The zero-order valence-electron chi connectivity index (χ0n) is 10.7. The van der Waals surface area contributed by atoms with Crippen LogP contribution in [-0.4, -0.2) is 25.9 Å². The first-order valence-corrected chi connectivity index (χ1v) is 6.28. The van der Waals surface area contributed by atoms with Gasteiger partial charge in [-0.3, -0.25) is 4.98 Å². The van der Waals surface area contributed by atoms with Gasteiger partial charge in [-0.2, -0.15) is 9.50 Å². The monoisotopic (exact) mass is 329 g/mol. The van der Waals surface area contributed by atoms with Crippen LogP contribution in [0.4, 0.5) is 24.8 Å². The number of aromatic nitrogens is 4. The first-order chi connectivity index (χ1) is 10.4. The predicted molar refractivity (Wildman–Crippen MR) is 72.2 cm³/mol. The number of hydrogen-bond acceptors (Lipinski definition) is 5. The molecule has 0 bridgehead atoms. The maximum atomic E-state index is 12.1. The summed E-state index contributed by atoms with van der Waals surface area (Å²) in [6, 6.07) is 5.18. The Kier molecular flexibility index (Phi) is 3.49. The Labute approximate surface area is 126 Å². The summed E-state index contributed by atoms with van der Waals surface area (Å²) in [5, 5.41) is 7.23. The van der Waals surface area contributed by atoms with Crippen molar-refractivity contribution in [2.24, 2.45) is 0 Å². The zero-order chi connectivity index (χ0) is 15.7. The average Bonchev–Trinajstić information content (AvgIpc) is 2.83. The van der Waals surface area contributed by atoms with E-state index in [2.05, 4.69) is 25.1 Å². The molecule has 0 aliphatic rings. The van der Waals surface area contributed by atoms with Crippen molar-refractivity contribution in [2.45, 2.75) is 6.36 Å². The van der Waals surface area contributed by atoms with Crippen LogP contribution >= 0.6 is 11.6 Å². The quantitative estimate of drug-likeness (QED) is 0.797. The summed E-state index contributed by atoms with van der Waals surface area (Å²) in [4.78, 5) is 8.01. The van der Waals surface area contributed by atoms with Crippen LogP contribution in [-0.2, 0) is 0 Å². The van der Waals surface area contributed by atoms with Crippen molar-refractivity contribution < 1.29 is 17.9 Å². The van der Waals surface area contributed by atoms with Gasteiger partial charge in [-0.15, -0.1) is 18.3 Å². The van der Waals surface area contributed by atoms with E-state index in [4.69, 9.17) is 11.6 Å². The van der Waals surface area contributed by atoms with Gasteiger partial charge in [0, 0.05) is 5.69 Å². The highest BCUT2D eigenvalue weighted by atomic mass is 35.5. The number of rotatable bonds is 3. The van der Waals surface area contributed by atoms with Gasteiger partial charge in [0.25, 0.3) is 0 Å². The highest BCUT2D eigenvalue weighted by Gasteiger charge is 2.30. The molecule has 2 heterocycles. The number of benzene rings is 1. The molecule has 0 saturated carbocycles. The number of anilines is 2. The van der Waals surface area contributed by atoms with E-state index >= 15 is 0 Å². The van der Waals surface area contributed by atoms with Crippen LogP contribution < -0.4 is 10.1 Å². The first-order valence-electron chi connectivity index (χ1n) is 5.90. The molecule has 114 valence electrons. The van der Waals surface area contributed by atoms with Crippen molar-refractivity contribution in [1.82, 2.24) is 19.6 Å². The van der Waals surface area contributed by atoms with Crippen molar-refractivity contribution in [3.8, 4) is 5.75 Å². The van der Waals surface area contributed by atoms with E-state index < -0.39 is 6.36 Å². The van der Waals surface area contributed by atoms with Crippen LogP contribution in [0.5, 0.6) is 5.75 Å². The molecule has 1 N–H and O–H groups in total. The van der Waals surface area contributed by atoms with Gasteiger partial charge in [0.2, 0.25) is 5.95 Å². The summed E-state index contributed by atoms with van der Waals surface area (Å²) < 4.78 is 41.4. The molecule has 10 heteroatoms. The van der Waals surface area contributed by atoms with Gasteiger partial charge >= 0.3 is 6.36 Å². The minimum atomic E-state index is -4.72. The SMILES string of the molecule is FC(F)(F)Oc1ccc(Nc2nc3cncc(Cl)n3n2)cc1. The predicted octanol–water partition coefficient (Wildman–Crippen LogP) is 3.42. The summed E-state index contributed by atoms with van der Waals surface area (Å²) in [5.74, 6) is -0.0763. The van der Waals surface area contributed by atoms with Crippen molar-refractivity contribution >= 4 is 28.9 Å². The lowest BCUT2D eigenvalue weighted by Crippen LogP contribution is -2.16. The van der Waals surface area contributed by atoms with E-state index in [1.54, 1.807) is 0 Å². The molecule has 3 aromatic rings. The fourth-order valence-electron chi connectivity index (χ4n) is 1.71. The summed E-state index contributed by atoms with van der Waals surface area (Å²) in [6.45, 7) is 0. The topological polar surface area (TPSA) is 64.3 Å². The Morgan fingerprint density at radius 1 is 1.14 bits per heavy atom. The van der Waals surface area contributed by atoms with Gasteiger partial charge in [-0.05, 0) is 24.3 Å². The Morgan fingerprint density at radius 3 is 2.50 bits per heavy atom. The molecule has 2 aromatic heterocycles. The van der Waals surface area contributed by atoms with Crippen molar-refractivity contribution in [3.63, 3.8) is 0 Å². The van der Waals surface area contributed by atoms with Crippen molar-refractivity contribution in [3.05, 3.63) is 41.8 Å². The van der Waals surface area contributed by atoms with Crippen LogP contribution in [0.2, 0.25) is 5.15 Å².